The molecule has 0 aliphatic heterocycles. The van der Waals surface area contributed by atoms with Gasteiger partial charge in [-0.15, -0.1) is 9.24 Å². The summed E-state index contributed by atoms with van der Waals surface area (Å²) in [6.45, 7) is 7.70. The van der Waals surface area contributed by atoms with Gasteiger partial charge in [0.1, 0.15) is 0 Å². The zero-order valence-corrected chi connectivity index (χ0v) is 16.6. The molecular formula is C22H35P. The van der Waals surface area contributed by atoms with Crippen molar-refractivity contribution in [2.24, 2.45) is 34.0 Å². The van der Waals surface area contributed by atoms with E-state index in [0.29, 0.717) is 16.0 Å². The highest BCUT2D eigenvalue weighted by Gasteiger charge is 2.84. The second-order valence-electron chi connectivity index (χ2n) is 10.3. The average Bonchev–Trinajstić information content (AvgIpc) is 2.92. The van der Waals surface area contributed by atoms with Gasteiger partial charge in [0, 0.05) is 0 Å². The average molecular weight is 330 g/mol. The van der Waals surface area contributed by atoms with Crippen LogP contribution in [0.1, 0.15) is 85.0 Å². The molecule has 5 aliphatic rings. The van der Waals surface area contributed by atoms with Crippen LogP contribution in [0.4, 0.5) is 0 Å². The number of fused-ring (bicyclic) bond motifs is 5. The SMILES string of the molecule is CC/C=C1\CCC2C3C(CCC12C)C1(C)CCCCC12CC32P. The number of rotatable bonds is 1. The molecule has 8 atom stereocenters. The van der Waals surface area contributed by atoms with E-state index in [-0.39, 0.29) is 0 Å². The van der Waals surface area contributed by atoms with Gasteiger partial charge in [-0.3, -0.25) is 0 Å². The molecule has 5 saturated carbocycles. The van der Waals surface area contributed by atoms with Crippen molar-refractivity contribution in [2.75, 3.05) is 0 Å². The van der Waals surface area contributed by atoms with Crippen molar-refractivity contribution in [3.05, 3.63) is 11.6 Å². The Kier molecular flexibility index (Phi) is 3.00. The van der Waals surface area contributed by atoms with Gasteiger partial charge in [0.15, 0.2) is 0 Å². The van der Waals surface area contributed by atoms with Gasteiger partial charge in [-0.2, -0.15) is 0 Å². The molecule has 0 radical (unpaired) electrons. The first-order valence-electron chi connectivity index (χ1n) is 10.4. The summed E-state index contributed by atoms with van der Waals surface area (Å²) in [6.07, 6.45) is 17.4. The van der Waals surface area contributed by atoms with Crippen LogP contribution in [0.5, 0.6) is 0 Å². The third-order valence-corrected chi connectivity index (χ3v) is 11.1. The van der Waals surface area contributed by atoms with Gasteiger partial charge in [0.2, 0.25) is 0 Å². The quantitative estimate of drug-likeness (QED) is 0.387. The van der Waals surface area contributed by atoms with Crippen molar-refractivity contribution < 1.29 is 0 Å². The first kappa shape index (κ1) is 15.4. The van der Waals surface area contributed by atoms with E-state index in [4.69, 9.17) is 0 Å². The summed E-state index contributed by atoms with van der Waals surface area (Å²) in [6, 6.07) is 0. The Bertz CT molecular complexity index is 579. The predicted octanol–water partition coefficient (Wildman–Crippen LogP) is 6.36. The zero-order valence-electron chi connectivity index (χ0n) is 15.5. The Hall–Kier alpha value is 0.170. The largest absolute Gasteiger partial charge is 0.130 e. The maximum absolute atomic E-state index is 3.48. The summed E-state index contributed by atoms with van der Waals surface area (Å²) >= 11 is 0. The van der Waals surface area contributed by atoms with Crippen molar-refractivity contribution in [2.45, 2.75) is 90.1 Å². The van der Waals surface area contributed by atoms with Crippen LogP contribution in [0.25, 0.3) is 0 Å². The Balaban J connectivity index is 1.59. The maximum atomic E-state index is 3.48. The topological polar surface area (TPSA) is 0 Å². The highest BCUT2D eigenvalue weighted by atomic mass is 31.0. The van der Waals surface area contributed by atoms with Crippen LogP contribution in [0.2, 0.25) is 0 Å². The molecule has 0 N–H and O–H groups in total. The molecule has 1 heteroatoms. The van der Waals surface area contributed by atoms with E-state index in [1.165, 1.54) is 51.4 Å². The van der Waals surface area contributed by atoms with Gasteiger partial charge in [-0.1, -0.05) is 45.3 Å². The smallest absolute Gasteiger partial charge is 0.00486 e. The standard InChI is InChI=1S/C22H35P/c1-4-7-15-8-9-16-18-17(10-13-19(15,16)2)20(3)11-5-6-12-21(20)14-22(18,21)23/h7,16-18H,4-6,8-14,23H2,1-3H3/b15-7+. The van der Waals surface area contributed by atoms with E-state index in [9.17, 15) is 0 Å². The molecule has 0 heterocycles. The van der Waals surface area contributed by atoms with Crippen LogP contribution < -0.4 is 0 Å². The second kappa shape index (κ2) is 4.47. The zero-order chi connectivity index (χ0) is 16.1. The molecule has 0 aromatic carbocycles. The summed E-state index contributed by atoms with van der Waals surface area (Å²) < 4.78 is 0. The lowest BCUT2D eigenvalue weighted by Crippen LogP contribution is -2.45. The van der Waals surface area contributed by atoms with Crippen LogP contribution in [0, 0.1) is 34.0 Å². The van der Waals surface area contributed by atoms with E-state index in [0.717, 1.165) is 23.2 Å². The minimum Gasteiger partial charge on any atom is -0.130 e. The molecule has 128 valence electrons. The van der Waals surface area contributed by atoms with Gasteiger partial charge in [0.25, 0.3) is 0 Å². The molecule has 1 spiro atoms. The third kappa shape index (κ3) is 1.51. The fourth-order valence-corrected chi connectivity index (χ4v) is 10.2. The number of hydrogen-bond donors (Lipinski definition) is 0. The number of allylic oxidation sites excluding steroid dienone is 2. The summed E-state index contributed by atoms with van der Waals surface area (Å²) in [7, 11) is 3.48. The summed E-state index contributed by atoms with van der Waals surface area (Å²) in [5.41, 5.74) is 3.79. The van der Waals surface area contributed by atoms with Gasteiger partial charge in [-0.25, -0.2) is 0 Å². The Morgan fingerprint density at radius 2 is 1.87 bits per heavy atom. The third-order valence-electron chi connectivity index (χ3n) is 9.99. The van der Waals surface area contributed by atoms with Gasteiger partial charge >= 0.3 is 0 Å². The molecule has 0 saturated heterocycles. The fourth-order valence-electron chi connectivity index (χ4n) is 8.94. The van der Waals surface area contributed by atoms with Crippen molar-refractivity contribution in [3.63, 3.8) is 0 Å². The number of hydrogen-bond acceptors (Lipinski definition) is 0. The van der Waals surface area contributed by atoms with Crippen LogP contribution in [0.3, 0.4) is 0 Å². The van der Waals surface area contributed by atoms with Gasteiger partial charge < -0.3 is 0 Å². The van der Waals surface area contributed by atoms with E-state index < -0.39 is 0 Å². The van der Waals surface area contributed by atoms with Crippen molar-refractivity contribution in [1.82, 2.24) is 0 Å². The van der Waals surface area contributed by atoms with E-state index >= 15 is 0 Å². The van der Waals surface area contributed by atoms with Crippen molar-refractivity contribution >= 4 is 9.24 Å². The Morgan fingerprint density at radius 1 is 1.09 bits per heavy atom. The van der Waals surface area contributed by atoms with E-state index in [2.05, 4.69) is 36.1 Å². The molecule has 0 bridgehead atoms. The minimum atomic E-state index is 0.550. The Labute approximate surface area is 145 Å². The monoisotopic (exact) mass is 330 g/mol. The van der Waals surface area contributed by atoms with Gasteiger partial charge in [-0.05, 0) is 90.5 Å². The van der Waals surface area contributed by atoms with Crippen LogP contribution in [-0.4, -0.2) is 5.16 Å². The first-order chi connectivity index (χ1) is 10.9. The Morgan fingerprint density at radius 3 is 2.65 bits per heavy atom. The summed E-state index contributed by atoms with van der Waals surface area (Å²) in [5.74, 6) is 3.03. The summed E-state index contributed by atoms with van der Waals surface area (Å²) in [4.78, 5) is 0. The second-order valence-corrected chi connectivity index (χ2v) is 11.3. The maximum Gasteiger partial charge on any atom is -0.00486 e. The van der Waals surface area contributed by atoms with Gasteiger partial charge in [0.05, 0.1) is 0 Å². The normalized spacial score (nSPS) is 61.7. The molecule has 0 aromatic rings. The molecule has 5 aliphatic carbocycles. The lowest BCUT2D eigenvalue weighted by atomic mass is 9.52. The molecule has 0 nitrogen and oxygen atoms in total. The molecule has 23 heavy (non-hydrogen) atoms. The van der Waals surface area contributed by atoms with Crippen molar-refractivity contribution in [3.8, 4) is 0 Å². The fraction of sp³-hybridized carbons (Fsp3) is 0.909. The lowest BCUT2D eigenvalue weighted by Gasteiger charge is -2.52. The highest BCUT2D eigenvalue weighted by Crippen LogP contribution is 2.89. The molecule has 5 fully saturated rings. The molecule has 0 amide bonds. The van der Waals surface area contributed by atoms with Crippen LogP contribution in [-0.2, 0) is 0 Å². The van der Waals surface area contributed by atoms with Crippen molar-refractivity contribution in [1.29, 1.82) is 0 Å². The molecule has 0 aromatic heterocycles. The lowest BCUT2D eigenvalue weighted by molar-refractivity contribution is -0.0168. The van der Waals surface area contributed by atoms with E-state index in [1.54, 1.807) is 12.8 Å². The van der Waals surface area contributed by atoms with E-state index in [1.807, 2.05) is 5.57 Å². The predicted molar refractivity (Wildman–Crippen MR) is 101 cm³/mol. The molecular weight excluding hydrogens is 295 g/mol. The minimum absolute atomic E-state index is 0.550. The van der Waals surface area contributed by atoms with Crippen LogP contribution >= 0.6 is 9.24 Å². The van der Waals surface area contributed by atoms with Crippen LogP contribution in [0.15, 0.2) is 11.6 Å². The molecule has 5 rings (SSSR count). The first-order valence-corrected chi connectivity index (χ1v) is 11.0. The summed E-state index contributed by atoms with van der Waals surface area (Å²) in [5, 5.41) is 0.626. The highest BCUT2D eigenvalue weighted by molar-refractivity contribution is 7.19. The molecule has 8 unspecified atom stereocenters.